The van der Waals surface area contributed by atoms with Gasteiger partial charge < -0.3 is 75.8 Å². The monoisotopic (exact) mass is 1720 g/mol. The van der Waals surface area contributed by atoms with Crippen LogP contribution in [0, 0.1) is 45.8 Å². The zero-order chi connectivity index (χ0) is 92.0. The molecule has 0 heterocycles. The Morgan fingerprint density at radius 2 is 0.615 bits per heavy atom. The van der Waals surface area contributed by atoms with Crippen LogP contribution in [0.5, 0.6) is 0 Å². The van der Waals surface area contributed by atoms with Crippen LogP contribution in [-0.2, 0) is 75.8 Å². The van der Waals surface area contributed by atoms with E-state index in [0.717, 1.165) is 95.9 Å². The standard InChI is InChI=1S/C22H42O2.C19H32O2.C14H26O2.C13H20O4.2C13H24O2.C12H22O2/c1-4-7-8-16-19-22(24-6-3)20-17-14-12-10-9-11-13-15-18-21-23-5-2;1-5-20-17-11-7-15(8-12-17)19(3,4)16-9-13-18(14-10-16)21-6-2;1-4-7-8-9-10-11-12-14(16-6-3)13-15-5-2;1-5-14-9-13(10-15-6-2,11-16-7-3)12-17-8-4;1-5-12(10-14-7-3)9-13(6-2)11-15-8-4;1-5-9-10-13(6-2,11-14-7-3)12-15-8-4;1-5-9-12(14-8-4)11(6-2)10-13-7-3/h5-6,22H,2-4,7-21H2,1H3;5-6,15-18H,1-2,7-14H2,3-4H3;5-6,14H,2-4,7-13H2,1H3;5-8H,1-4,9-12H2;7-8,12-13H,3-6,9-11H2,1-2H3;7-8H,3-6,9-12H2,1-2H3;7-8,11-12H,3-6,9-10H2,1-2H3. The molecular weight excluding hydrogens is 1530 g/mol. The van der Waals surface area contributed by atoms with Gasteiger partial charge in [0.2, 0.25) is 0 Å². The largest absolute Gasteiger partial charge is 0.502 e. The first kappa shape index (κ1) is 123. The van der Waals surface area contributed by atoms with E-state index in [0.29, 0.717) is 94.3 Å². The van der Waals surface area contributed by atoms with Crippen LogP contribution < -0.4 is 0 Å². The molecule has 0 aromatic heterocycles. The van der Waals surface area contributed by atoms with Crippen LogP contribution in [0.3, 0.4) is 0 Å². The van der Waals surface area contributed by atoms with Crippen molar-refractivity contribution >= 4 is 0 Å². The SMILES string of the molecule is C=COC1CCC(C(C)(C)C2CCC(OC=C)CC2)CC1.C=COCC(CC)(CCCC)COC=C.C=COCC(CC)C(CCC)OC=C.C=COCC(CC)CC(CC)COC=C.C=COCC(CCCCCCCC)OC=C.C=COCC(COC=C)(COC=C)COC=C.C=COCCCCCCCCCCCC(CCCCCC)OC=C. The van der Waals surface area contributed by atoms with E-state index < -0.39 is 5.41 Å². The van der Waals surface area contributed by atoms with E-state index in [4.69, 9.17) is 75.8 Å². The van der Waals surface area contributed by atoms with Crippen molar-refractivity contribution in [3.05, 3.63) is 205 Å². The Bertz CT molecular complexity index is 2290. The lowest BCUT2D eigenvalue weighted by Crippen LogP contribution is -2.40. The summed E-state index contributed by atoms with van der Waals surface area (Å²) in [7, 11) is 0. The highest BCUT2D eigenvalue weighted by Gasteiger charge is 2.41. The summed E-state index contributed by atoms with van der Waals surface area (Å²) in [4.78, 5) is 0. The minimum absolute atomic E-state index is 0.110. The first-order chi connectivity index (χ1) is 59.3. The van der Waals surface area contributed by atoms with Crippen LogP contribution >= 0.6 is 0 Å². The van der Waals surface area contributed by atoms with Crippen molar-refractivity contribution in [3.63, 3.8) is 0 Å². The molecule has 0 aliphatic heterocycles. The molecule has 6 atom stereocenters. The molecule has 2 aliphatic carbocycles. The summed E-state index contributed by atoms with van der Waals surface area (Å²) < 4.78 is 85.1. The molecule has 2 fully saturated rings. The van der Waals surface area contributed by atoms with Crippen LogP contribution in [0.4, 0.5) is 0 Å². The third-order valence-electron chi connectivity index (χ3n) is 23.1. The molecule has 0 saturated heterocycles. The summed E-state index contributed by atoms with van der Waals surface area (Å²) in [6.07, 6.45) is 75.1. The minimum Gasteiger partial charge on any atom is -0.502 e. The molecule has 0 radical (unpaired) electrons. The molecule has 0 spiro atoms. The average Bonchev–Trinajstić information content (AvgIpc) is 0.802. The Balaban J connectivity index is -0.000000440. The van der Waals surface area contributed by atoms with E-state index in [9.17, 15) is 0 Å². The predicted octanol–water partition coefficient (Wildman–Crippen LogP) is 31.2. The normalized spacial score (nSPS) is 15.8. The van der Waals surface area contributed by atoms with E-state index in [1.807, 2.05) is 0 Å². The molecule has 710 valence electrons. The topological polar surface area (TPSA) is 148 Å². The molecule has 6 unspecified atom stereocenters. The number of rotatable bonds is 79. The molecule has 0 aromatic carbocycles. The van der Waals surface area contributed by atoms with Gasteiger partial charge in [0.15, 0.2) is 0 Å². The van der Waals surface area contributed by atoms with Gasteiger partial charge in [0.05, 0.1) is 158 Å². The van der Waals surface area contributed by atoms with Gasteiger partial charge in [0.1, 0.15) is 50.7 Å². The summed E-state index contributed by atoms with van der Waals surface area (Å²) in [5, 5.41) is 0. The van der Waals surface area contributed by atoms with Crippen molar-refractivity contribution < 1.29 is 75.8 Å². The van der Waals surface area contributed by atoms with Crippen molar-refractivity contribution in [2.24, 2.45) is 45.8 Å². The van der Waals surface area contributed by atoms with E-state index in [2.05, 4.69) is 175 Å². The lowest BCUT2D eigenvalue weighted by Gasteiger charge is -2.46. The van der Waals surface area contributed by atoms with Gasteiger partial charge >= 0.3 is 0 Å². The molecule has 0 amide bonds. The summed E-state index contributed by atoms with van der Waals surface area (Å²) in [5.74, 6) is 3.29. The molecule has 2 aliphatic rings. The van der Waals surface area contributed by atoms with Gasteiger partial charge in [-0.2, -0.15) is 0 Å². The molecular formula is C106H190O16. The second-order valence-corrected chi connectivity index (χ2v) is 32.5. The maximum atomic E-state index is 5.67. The first-order valence-corrected chi connectivity index (χ1v) is 47.1. The maximum absolute atomic E-state index is 5.67. The lowest BCUT2D eigenvalue weighted by molar-refractivity contribution is -0.0471. The summed E-state index contributed by atoms with van der Waals surface area (Å²) in [6, 6.07) is 0. The number of hydrogen-bond donors (Lipinski definition) is 0. The number of unbranched alkanes of at least 4 members (excludes halogenated alkanes) is 17. The van der Waals surface area contributed by atoms with Gasteiger partial charge in [0.25, 0.3) is 0 Å². The first-order valence-electron chi connectivity index (χ1n) is 47.1. The maximum Gasteiger partial charge on any atom is 0.132 e. The molecule has 2 saturated carbocycles. The van der Waals surface area contributed by atoms with Gasteiger partial charge in [-0.3, -0.25) is 0 Å². The molecule has 0 bridgehead atoms. The van der Waals surface area contributed by atoms with Crippen molar-refractivity contribution in [2.45, 2.75) is 357 Å². The Morgan fingerprint density at radius 3 is 0.951 bits per heavy atom. The number of hydrogen-bond acceptors (Lipinski definition) is 16. The smallest absolute Gasteiger partial charge is 0.132 e. The molecule has 0 aromatic rings. The fraction of sp³-hybridized carbons (Fsp3) is 0.698. The molecule has 0 N–H and O–H groups in total. The third-order valence-corrected chi connectivity index (χ3v) is 23.1. The van der Waals surface area contributed by atoms with Crippen molar-refractivity contribution in [3.8, 4) is 0 Å². The molecule has 16 heteroatoms. The fourth-order valence-electron chi connectivity index (χ4n) is 15.1. The van der Waals surface area contributed by atoms with Gasteiger partial charge in [0, 0.05) is 11.3 Å². The molecule has 122 heavy (non-hydrogen) atoms. The second kappa shape index (κ2) is 94.3. The highest BCUT2D eigenvalue weighted by Crippen LogP contribution is 2.49. The van der Waals surface area contributed by atoms with Gasteiger partial charge in [-0.15, -0.1) is 0 Å². The van der Waals surface area contributed by atoms with Gasteiger partial charge in [-0.05, 0) is 158 Å². The second-order valence-electron chi connectivity index (χ2n) is 32.5. The lowest BCUT2D eigenvalue weighted by atomic mass is 9.60. The zero-order valence-electron chi connectivity index (χ0n) is 80.4. The van der Waals surface area contributed by atoms with E-state index in [1.54, 1.807) is 18.8 Å². The fourth-order valence-corrected chi connectivity index (χ4v) is 15.1. The van der Waals surface area contributed by atoms with Crippen LogP contribution in [0.2, 0.25) is 0 Å². The Hall–Kier alpha value is -7.36. The summed E-state index contributed by atoms with van der Waals surface area (Å²) in [5.41, 5.74) is 0.0848. The Morgan fingerprint density at radius 1 is 0.287 bits per heavy atom. The summed E-state index contributed by atoms with van der Waals surface area (Å²) in [6.45, 7) is 86.0. The van der Waals surface area contributed by atoms with E-state index in [-0.39, 0.29) is 17.6 Å². The van der Waals surface area contributed by atoms with Crippen LogP contribution in [0.25, 0.3) is 0 Å². The van der Waals surface area contributed by atoms with Gasteiger partial charge in [-0.1, -0.05) is 303 Å². The third kappa shape index (κ3) is 73.0. The average molecular weight is 1720 g/mol. The Kier molecular flexibility index (Phi) is 95.2. The van der Waals surface area contributed by atoms with Crippen molar-refractivity contribution in [1.29, 1.82) is 0 Å². The molecule has 2 rings (SSSR count). The quantitative estimate of drug-likeness (QED) is 0.0420. The number of ether oxygens (including phenoxy) is 16. The van der Waals surface area contributed by atoms with E-state index >= 15 is 0 Å². The van der Waals surface area contributed by atoms with Crippen LogP contribution in [-0.4, -0.2) is 103 Å². The van der Waals surface area contributed by atoms with Crippen molar-refractivity contribution in [1.82, 2.24) is 0 Å². The van der Waals surface area contributed by atoms with Crippen LogP contribution in [0.15, 0.2) is 205 Å². The minimum atomic E-state index is -0.468. The van der Waals surface area contributed by atoms with Gasteiger partial charge in [-0.25, -0.2) is 0 Å². The summed E-state index contributed by atoms with van der Waals surface area (Å²) >= 11 is 0. The highest BCUT2D eigenvalue weighted by atomic mass is 16.5. The molecule has 16 nitrogen and oxygen atoms in total. The zero-order valence-corrected chi connectivity index (χ0v) is 80.4. The highest BCUT2D eigenvalue weighted by molar-refractivity contribution is 4.92. The Labute approximate surface area is 752 Å². The van der Waals surface area contributed by atoms with Crippen molar-refractivity contribution in [2.75, 3.05) is 72.7 Å². The van der Waals surface area contributed by atoms with E-state index in [1.165, 1.54) is 274 Å². The predicted molar refractivity (Wildman–Crippen MR) is 519 cm³/mol. The van der Waals surface area contributed by atoms with Crippen LogP contribution in [0.1, 0.15) is 326 Å².